The van der Waals surface area contributed by atoms with E-state index < -0.39 is 0 Å². The van der Waals surface area contributed by atoms with Gasteiger partial charge < -0.3 is 9.13 Å². The van der Waals surface area contributed by atoms with Gasteiger partial charge in [0.05, 0.1) is 22.1 Å². The van der Waals surface area contributed by atoms with Crippen molar-refractivity contribution < 1.29 is 0 Å². The van der Waals surface area contributed by atoms with Crippen LogP contribution in [0.5, 0.6) is 0 Å². The van der Waals surface area contributed by atoms with Gasteiger partial charge in [-0.05, 0) is 82.2 Å². The molecule has 0 bridgehead atoms. The van der Waals surface area contributed by atoms with E-state index in [-0.39, 0.29) is 0 Å². The molecule has 3 heteroatoms. The zero-order valence-corrected chi connectivity index (χ0v) is 25.4. The summed E-state index contributed by atoms with van der Waals surface area (Å²) in [6.07, 6.45) is 0. The number of benzene rings is 7. The number of aromatic nitrogens is 2. The van der Waals surface area contributed by atoms with Crippen molar-refractivity contribution >= 4 is 77.0 Å². The summed E-state index contributed by atoms with van der Waals surface area (Å²) in [4.78, 5) is 0. The third kappa shape index (κ3) is 3.64. The van der Waals surface area contributed by atoms with Crippen molar-refractivity contribution in [2.45, 2.75) is 0 Å². The van der Waals surface area contributed by atoms with Crippen LogP contribution in [0.3, 0.4) is 0 Å². The molecule has 7 aromatic carbocycles. The van der Waals surface area contributed by atoms with Crippen LogP contribution in [-0.4, -0.2) is 9.13 Å². The van der Waals surface area contributed by atoms with Crippen LogP contribution < -0.4 is 0 Å². The molecule has 0 saturated heterocycles. The third-order valence-corrected chi connectivity index (χ3v) is 9.47. The fraction of sp³-hybridized carbons (Fsp3) is 0. The monoisotopic (exact) mass is 660 g/mol. The van der Waals surface area contributed by atoms with E-state index in [1.54, 1.807) is 0 Å². The average molecular weight is 661 g/mol. The maximum absolute atomic E-state index is 2.47. The summed E-state index contributed by atoms with van der Waals surface area (Å²) in [6, 6.07) is 55.2. The number of nitrogens with zero attached hydrogens (tertiary/aromatic N) is 2. The van der Waals surface area contributed by atoms with Gasteiger partial charge in [-0.15, -0.1) is 0 Å². The van der Waals surface area contributed by atoms with Crippen molar-refractivity contribution in [2.24, 2.45) is 0 Å². The molecule has 9 aromatic rings. The molecule has 0 saturated carbocycles. The van der Waals surface area contributed by atoms with Gasteiger partial charge >= 0.3 is 0 Å². The standard InChI is InChI=1S/C40H25IN2/c41-28-20-24-30(25-21-28)43-36-17-9-7-15-34(36)38-37-33-14-6-8-16-35(33)42(39(37)31-12-4-5-13-32(31)40(38)43)29-22-18-27(19-23-29)26-10-2-1-3-11-26/h1-25H. The fourth-order valence-electron chi connectivity index (χ4n) is 6.95. The van der Waals surface area contributed by atoms with Crippen molar-refractivity contribution in [1.29, 1.82) is 0 Å². The zero-order valence-electron chi connectivity index (χ0n) is 23.2. The summed E-state index contributed by atoms with van der Waals surface area (Å²) in [5.74, 6) is 0. The summed E-state index contributed by atoms with van der Waals surface area (Å²) >= 11 is 2.39. The van der Waals surface area contributed by atoms with Crippen LogP contribution in [0.15, 0.2) is 152 Å². The molecular formula is C40H25IN2. The van der Waals surface area contributed by atoms with Gasteiger partial charge in [0.15, 0.2) is 0 Å². The van der Waals surface area contributed by atoms with Gasteiger partial charge in [-0.1, -0.05) is 103 Å². The Hall–Kier alpha value is -4.87. The number of halogens is 1. The predicted molar refractivity (Wildman–Crippen MR) is 191 cm³/mol. The molecule has 0 aliphatic heterocycles. The number of fused-ring (bicyclic) bond motifs is 10. The summed E-state index contributed by atoms with van der Waals surface area (Å²) in [6.45, 7) is 0. The van der Waals surface area contributed by atoms with E-state index in [9.17, 15) is 0 Å². The summed E-state index contributed by atoms with van der Waals surface area (Å²) < 4.78 is 6.16. The first-order valence-corrected chi connectivity index (χ1v) is 15.6. The van der Waals surface area contributed by atoms with E-state index in [1.165, 1.54) is 74.8 Å². The van der Waals surface area contributed by atoms with Crippen molar-refractivity contribution in [3.63, 3.8) is 0 Å². The second-order valence-corrected chi connectivity index (χ2v) is 12.3. The van der Waals surface area contributed by atoms with Crippen LogP contribution in [-0.2, 0) is 0 Å². The van der Waals surface area contributed by atoms with E-state index in [0.717, 1.165) is 5.69 Å². The Labute approximate surface area is 262 Å². The molecule has 2 nitrogen and oxygen atoms in total. The maximum atomic E-state index is 2.47. The summed E-state index contributed by atoms with van der Waals surface area (Å²) in [5.41, 5.74) is 9.74. The number of para-hydroxylation sites is 2. The highest BCUT2D eigenvalue weighted by Gasteiger charge is 2.23. The predicted octanol–water partition coefficient (Wildman–Crippen LogP) is 11.3. The zero-order chi connectivity index (χ0) is 28.5. The molecule has 0 fully saturated rings. The lowest BCUT2D eigenvalue weighted by molar-refractivity contribution is 1.18. The highest BCUT2D eigenvalue weighted by Crippen LogP contribution is 2.46. The van der Waals surface area contributed by atoms with Gasteiger partial charge in [-0.3, -0.25) is 0 Å². The SMILES string of the molecule is Ic1ccc(-n2c3ccccc3c3c4c5ccccc5n(-c5ccc(-c6ccccc6)cc5)c4c4ccccc4c32)cc1. The van der Waals surface area contributed by atoms with Crippen molar-refractivity contribution in [1.82, 2.24) is 9.13 Å². The molecule has 0 atom stereocenters. The van der Waals surface area contributed by atoms with Crippen molar-refractivity contribution in [3.05, 3.63) is 155 Å². The van der Waals surface area contributed by atoms with Crippen LogP contribution in [0.1, 0.15) is 0 Å². The minimum atomic E-state index is 1.16. The first-order valence-electron chi connectivity index (χ1n) is 14.6. The Morgan fingerprint density at radius 3 is 1.26 bits per heavy atom. The lowest BCUT2D eigenvalue weighted by Crippen LogP contribution is -1.97. The topological polar surface area (TPSA) is 9.86 Å². The molecule has 202 valence electrons. The minimum Gasteiger partial charge on any atom is -0.309 e. The van der Waals surface area contributed by atoms with Gasteiger partial charge in [0, 0.05) is 47.3 Å². The molecule has 0 unspecified atom stereocenters. The van der Waals surface area contributed by atoms with E-state index in [2.05, 4.69) is 183 Å². The molecule has 0 spiro atoms. The van der Waals surface area contributed by atoms with Gasteiger partial charge in [-0.2, -0.15) is 0 Å². The molecule has 0 radical (unpaired) electrons. The Balaban J connectivity index is 1.47. The molecule has 0 aliphatic carbocycles. The first-order chi connectivity index (χ1) is 21.3. The van der Waals surface area contributed by atoms with Crippen LogP contribution in [0, 0.1) is 3.57 Å². The Kier molecular flexibility index (Phi) is 5.50. The molecule has 0 amide bonds. The van der Waals surface area contributed by atoms with Gasteiger partial charge in [0.25, 0.3) is 0 Å². The Morgan fingerprint density at radius 2 is 0.744 bits per heavy atom. The van der Waals surface area contributed by atoms with Crippen LogP contribution in [0.2, 0.25) is 0 Å². The van der Waals surface area contributed by atoms with Crippen LogP contribution in [0.4, 0.5) is 0 Å². The van der Waals surface area contributed by atoms with Gasteiger partial charge in [0.2, 0.25) is 0 Å². The maximum Gasteiger partial charge on any atom is 0.0627 e. The molecular weight excluding hydrogens is 635 g/mol. The summed E-state index contributed by atoms with van der Waals surface area (Å²) in [7, 11) is 0. The molecule has 0 N–H and O–H groups in total. The Morgan fingerprint density at radius 1 is 0.349 bits per heavy atom. The smallest absolute Gasteiger partial charge is 0.0627 e. The Bertz CT molecular complexity index is 2480. The highest BCUT2D eigenvalue weighted by atomic mass is 127. The summed E-state index contributed by atoms with van der Waals surface area (Å²) in [5, 5.41) is 7.66. The quantitative estimate of drug-likeness (QED) is 0.167. The van der Waals surface area contributed by atoms with Crippen molar-refractivity contribution in [3.8, 4) is 22.5 Å². The minimum absolute atomic E-state index is 1.16. The van der Waals surface area contributed by atoms with E-state index in [1.807, 2.05) is 0 Å². The lowest BCUT2D eigenvalue weighted by atomic mass is 9.99. The van der Waals surface area contributed by atoms with E-state index in [0.29, 0.717) is 0 Å². The second-order valence-electron chi connectivity index (χ2n) is 11.1. The third-order valence-electron chi connectivity index (χ3n) is 8.75. The lowest BCUT2D eigenvalue weighted by Gasteiger charge is -2.14. The number of rotatable bonds is 3. The molecule has 2 heterocycles. The number of hydrogen-bond donors (Lipinski definition) is 0. The second kappa shape index (κ2) is 9.58. The molecule has 0 aliphatic rings. The molecule has 43 heavy (non-hydrogen) atoms. The van der Waals surface area contributed by atoms with Crippen LogP contribution in [0.25, 0.3) is 76.9 Å². The van der Waals surface area contributed by atoms with Gasteiger partial charge in [0.1, 0.15) is 0 Å². The van der Waals surface area contributed by atoms with Crippen LogP contribution >= 0.6 is 22.6 Å². The fourth-order valence-corrected chi connectivity index (χ4v) is 7.31. The van der Waals surface area contributed by atoms with E-state index in [4.69, 9.17) is 0 Å². The largest absolute Gasteiger partial charge is 0.309 e. The molecule has 9 rings (SSSR count). The first kappa shape index (κ1) is 24.7. The number of hydrogen-bond acceptors (Lipinski definition) is 0. The van der Waals surface area contributed by atoms with Gasteiger partial charge in [-0.25, -0.2) is 0 Å². The highest BCUT2D eigenvalue weighted by molar-refractivity contribution is 14.1. The average Bonchev–Trinajstić information content (AvgIpc) is 3.60. The normalized spacial score (nSPS) is 11.8. The van der Waals surface area contributed by atoms with Crippen molar-refractivity contribution in [2.75, 3.05) is 0 Å². The molecule has 2 aromatic heterocycles. The van der Waals surface area contributed by atoms with E-state index >= 15 is 0 Å².